The van der Waals surface area contributed by atoms with Crippen LogP contribution in [0.3, 0.4) is 0 Å². The van der Waals surface area contributed by atoms with Gasteiger partial charge >= 0.3 is 7.12 Å². The minimum Gasteiger partial charge on any atom is -0.426 e. The van der Waals surface area contributed by atoms with E-state index in [1.54, 1.807) is 0 Å². The topological polar surface area (TPSA) is 98.7 Å². The summed E-state index contributed by atoms with van der Waals surface area (Å²) >= 11 is 0. The Labute approximate surface area is 153 Å². The Balaban J connectivity index is 1.89. The van der Waals surface area contributed by atoms with Crippen LogP contribution in [0.1, 0.15) is 18.1 Å². The molecule has 0 aliphatic rings. The van der Waals surface area contributed by atoms with Crippen molar-refractivity contribution in [1.29, 1.82) is 0 Å². The summed E-state index contributed by atoms with van der Waals surface area (Å²) in [5, 5.41) is 24.3. The average molecular weight is 354 g/mol. The number of amides is 2. The Morgan fingerprint density at radius 3 is 2.00 bits per heavy atom. The van der Waals surface area contributed by atoms with E-state index in [1.165, 1.54) is 6.92 Å². The maximum Gasteiger partial charge on any atom is 0.475 e. The fourth-order valence-electron chi connectivity index (χ4n) is 2.46. The maximum absolute atomic E-state index is 12.3. The normalized spacial score (nSPS) is 12.7. The highest BCUT2D eigenvalue weighted by Gasteiger charge is 2.29. The molecule has 0 aromatic heterocycles. The lowest BCUT2D eigenvalue weighted by Gasteiger charge is -2.20. The van der Waals surface area contributed by atoms with Crippen molar-refractivity contribution in [3.05, 3.63) is 71.8 Å². The fraction of sp³-hybridized carbons (Fsp3) is 0.263. The first-order valence-electron chi connectivity index (χ1n) is 8.49. The van der Waals surface area contributed by atoms with E-state index >= 15 is 0 Å². The molecule has 7 heteroatoms. The molecule has 26 heavy (non-hydrogen) atoms. The number of rotatable bonds is 8. The maximum atomic E-state index is 12.3. The first-order chi connectivity index (χ1) is 12.5. The molecule has 2 aromatic carbocycles. The van der Waals surface area contributed by atoms with E-state index in [0.717, 1.165) is 11.1 Å². The van der Waals surface area contributed by atoms with Crippen molar-refractivity contribution in [2.75, 3.05) is 0 Å². The quantitative estimate of drug-likeness (QED) is 0.414. The first kappa shape index (κ1) is 19.7. The summed E-state index contributed by atoms with van der Waals surface area (Å²) < 4.78 is 0. The molecule has 2 aromatic rings. The molecule has 2 rings (SSSR count). The van der Waals surface area contributed by atoms with Crippen LogP contribution >= 0.6 is 0 Å². The van der Waals surface area contributed by atoms with E-state index < -0.39 is 30.8 Å². The van der Waals surface area contributed by atoms with E-state index in [0.29, 0.717) is 6.54 Å². The highest BCUT2D eigenvalue weighted by molar-refractivity contribution is 6.43. The van der Waals surface area contributed by atoms with Gasteiger partial charge in [-0.25, -0.2) is 0 Å². The van der Waals surface area contributed by atoms with Crippen molar-refractivity contribution in [3.8, 4) is 0 Å². The summed E-state index contributed by atoms with van der Waals surface area (Å²) in [4.78, 5) is 24.5. The Morgan fingerprint density at radius 2 is 1.46 bits per heavy atom. The van der Waals surface area contributed by atoms with E-state index in [1.807, 2.05) is 60.7 Å². The third-order valence-corrected chi connectivity index (χ3v) is 4.08. The number of hydrogen-bond donors (Lipinski definition) is 4. The van der Waals surface area contributed by atoms with Gasteiger partial charge in [-0.1, -0.05) is 60.7 Å². The summed E-state index contributed by atoms with van der Waals surface area (Å²) in [6.07, 6.45) is 0.253. The standard InChI is InChI=1S/C19H23BN2O4/c1-14(18(23)21-13-16-10-6-3-7-11-16)19(24)22-17(20(25)26)12-15-8-4-2-5-9-15/h2-11,14,17,25-26H,12-13H2,1H3,(H,21,23)(H,22,24). The summed E-state index contributed by atoms with van der Waals surface area (Å²) in [7, 11) is -1.72. The van der Waals surface area contributed by atoms with Gasteiger partial charge in [0.2, 0.25) is 11.8 Å². The fourth-order valence-corrected chi connectivity index (χ4v) is 2.46. The number of carbonyl (C=O) groups excluding carboxylic acids is 2. The van der Waals surface area contributed by atoms with Gasteiger partial charge in [0, 0.05) is 6.54 Å². The number of benzene rings is 2. The van der Waals surface area contributed by atoms with Crippen LogP contribution in [0.15, 0.2) is 60.7 Å². The molecule has 0 heterocycles. The van der Waals surface area contributed by atoms with Gasteiger partial charge in [-0.05, 0) is 24.5 Å². The second kappa shape index (κ2) is 9.75. The molecule has 0 saturated heterocycles. The second-order valence-corrected chi connectivity index (χ2v) is 6.14. The van der Waals surface area contributed by atoms with Crippen molar-refractivity contribution < 1.29 is 19.6 Å². The molecule has 0 bridgehead atoms. The minimum atomic E-state index is -1.72. The van der Waals surface area contributed by atoms with Gasteiger partial charge in [-0.15, -0.1) is 0 Å². The molecular formula is C19H23BN2O4. The van der Waals surface area contributed by atoms with Crippen molar-refractivity contribution in [1.82, 2.24) is 10.6 Å². The van der Waals surface area contributed by atoms with Crippen molar-refractivity contribution in [2.45, 2.75) is 25.8 Å². The third kappa shape index (κ3) is 6.02. The summed E-state index contributed by atoms with van der Waals surface area (Å²) in [5.74, 6) is -2.81. The smallest absolute Gasteiger partial charge is 0.426 e. The molecule has 0 aliphatic heterocycles. The van der Waals surface area contributed by atoms with Crippen LogP contribution in [0.2, 0.25) is 0 Å². The van der Waals surface area contributed by atoms with E-state index in [9.17, 15) is 19.6 Å². The zero-order valence-electron chi connectivity index (χ0n) is 14.6. The molecule has 136 valence electrons. The lowest BCUT2D eigenvalue weighted by molar-refractivity contribution is -0.134. The Morgan fingerprint density at radius 1 is 0.923 bits per heavy atom. The molecule has 2 amide bonds. The Bertz CT molecular complexity index is 710. The lowest BCUT2D eigenvalue weighted by Crippen LogP contribution is -2.51. The van der Waals surface area contributed by atoms with Crippen LogP contribution in [0.4, 0.5) is 0 Å². The van der Waals surface area contributed by atoms with Gasteiger partial charge < -0.3 is 20.7 Å². The van der Waals surface area contributed by atoms with Gasteiger partial charge in [0.15, 0.2) is 0 Å². The van der Waals surface area contributed by atoms with Gasteiger partial charge in [0.1, 0.15) is 5.92 Å². The molecular weight excluding hydrogens is 331 g/mol. The molecule has 0 fully saturated rings. The molecule has 0 aliphatic carbocycles. The molecule has 0 saturated carbocycles. The second-order valence-electron chi connectivity index (χ2n) is 6.14. The number of nitrogens with one attached hydrogen (secondary N) is 2. The van der Waals surface area contributed by atoms with E-state index in [4.69, 9.17) is 0 Å². The zero-order chi connectivity index (χ0) is 18.9. The molecule has 0 spiro atoms. The van der Waals surface area contributed by atoms with E-state index in [2.05, 4.69) is 10.6 Å². The highest BCUT2D eigenvalue weighted by Crippen LogP contribution is 2.06. The molecule has 4 N–H and O–H groups in total. The minimum absolute atomic E-state index is 0.253. The summed E-state index contributed by atoms with van der Waals surface area (Å²) in [6, 6.07) is 18.6. The van der Waals surface area contributed by atoms with Crippen LogP contribution in [0, 0.1) is 5.92 Å². The lowest BCUT2D eigenvalue weighted by atomic mass is 9.75. The number of carbonyl (C=O) groups is 2. The predicted molar refractivity (Wildman–Crippen MR) is 99.7 cm³/mol. The summed E-state index contributed by atoms with van der Waals surface area (Å²) in [5.41, 5.74) is 1.79. The summed E-state index contributed by atoms with van der Waals surface area (Å²) in [6.45, 7) is 1.81. The molecule has 2 unspecified atom stereocenters. The Kier molecular flexibility index (Phi) is 7.38. The van der Waals surface area contributed by atoms with Crippen molar-refractivity contribution >= 4 is 18.9 Å². The van der Waals surface area contributed by atoms with Crippen LogP contribution in [0.25, 0.3) is 0 Å². The van der Waals surface area contributed by atoms with Crippen LogP contribution in [-0.2, 0) is 22.6 Å². The highest BCUT2D eigenvalue weighted by atomic mass is 16.4. The predicted octanol–water partition coefficient (Wildman–Crippen LogP) is 0.678. The zero-order valence-corrected chi connectivity index (χ0v) is 14.6. The molecule has 2 atom stereocenters. The largest absolute Gasteiger partial charge is 0.475 e. The first-order valence-corrected chi connectivity index (χ1v) is 8.49. The van der Waals surface area contributed by atoms with Gasteiger partial charge in [0.05, 0.1) is 5.94 Å². The van der Waals surface area contributed by atoms with Crippen LogP contribution in [0.5, 0.6) is 0 Å². The number of hydrogen-bond acceptors (Lipinski definition) is 4. The van der Waals surface area contributed by atoms with Crippen molar-refractivity contribution in [2.24, 2.45) is 5.92 Å². The molecule has 6 nitrogen and oxygen atoms in total. The average Bonchev–Trinajstić information content (AvgIpc) is 2.66. The van der Waals surface area contributed by atoms with Gasteiger partial charge in [-0.3, -0.25) is 9.59 Å². The Hall–Kier alpha value is -2.64. The molecule has 0 radical (unpaired) electrons. The van der Waals surface area contributed by atoms with Crippen molar-refractivity contribution in [3.63, 3.8) is 0 Å². The monoisotopic (exact) mass is 354 g/mol. The van der Waals surface area contributed by atoms with Crippen LogP contribution < -0.4 is 10.6 Å². The van der Waals surface area contributed by atoms with Gasteiger partial charge in [0.25, 0.3) is 0 Å². The van der Waals surface area contributed by atoms with E-state index in [-0.39, 0.29) is 6.42 Å². The third-order valence-electron chi connectivity index (χ3n) is 4.08. The van der Waals surface area contributed by atoms with Gasteiger partial charge in [-0.2, -0.15) is 0 Å². The van der Waals surface area contributed by atoms with Crippen LogP contribution in [-0.4, -0.2) is 34.9 Å². The SMILES string of the molecule is CC(C(=O)NCc1ccccc1)C(=O)NC(Cc1ccccc1)B(O)O.